The number of carbonyl (C=O) groups excluding carboxylic acids is 1. The van der Waals surface area contributed by atoms with E-state index in [0.29, 0.717) is 19.1 Å². The zero-order valence-electron chi connectivity index (χ0n) is 12.1. The molecule has 2 rings (SSSR count). The van der Waals surface area contributed by atoms with E-state index in [1.807, 2.05) is 0 Å². The van der Waals surface area contributed by atoms with Crippen molar-refractivity contribution in [2.24, 2.45) is 5.92 Å². The van der Waals surface area contributed by atoms with E-state index in [4.69, 9.17) is 21.1 Å². The second kappa shape index (κ2) is 7.53. The minimum Gasteiger partial charge on any atom is -0.481 e. The molecule has 21 heavy (non-hydrogen) atoms. The number of ether oxygens (including phenoxy) is 2. The Hall–Kier alpha value is -1.44. The molecule has 0 saturated carbocycles. The summed E-state index contributed by atoms with van der Waals surface area (Å²) in [5.41, 5.74) is 0. The van der Waals surface area contributed by atoms with Crippen LogP contribution in [0.5, 0.6) is 5.88 Å². The zero-order chi connectivity index (χ0) is 15.2. The quantitative estimate of drug-likeness (QED) is 0.765. The molecule has 1 fully saturated rings. The number of aromatic nitrogens is 2. The van der Waals surface area contributed by atoms with Gasteiger partial charge in [0.15, 0.2) is 0 Å². The molecule has 0 aromatic carbocycles. The largest absolute Gasteiger partial charge is 0.481 e. The first-order valence-electron chi connectivity index (χ1n) is 6.84. The maximum Gasteiger partial charge on any atom is 0.234 e. The molecule has 1 saturated heterocycles. The summed E-state index contributed by atoms with van der Waals surface area (Å²) in [5, 5.41) is 6.17. The number of anilines is 1. The van der Waals surface area contributed by atoms with Crippen LogP contribution in [0.1, 0.15) is 13.3 Å². The van der Waals surface area contributed by atoms with Crippen molar-refractivity contribution >= 4 is 23.5 Å². The highest BCUT2D eigenvalue weighted by atomic mass is 35.5. The smallest absolute Gasteiger partial charge is 0.234 e. The summed E-state index contributed by atoms with van der Waals surface area (Å²) in [7, 11) is 1.47. The van der Waals surface area contributed by atoms with Crippen molar-refractivity contribution < 1.29 is 14.3 Å². The highest BCUT2D eigenvalue weighted by Gasteiger charge is 2.34. The van der Waals surface area contributed by atoms with Crippen molar-refractivity contribution in [2.75, 3.05) is 32.2 Å². The van der Waals surface area contributed by atoms with Gasteiger partial charge in [-0.05, 0) is 13.0 Å². The van der Waals surface area contributed by atoms with Gasteiger partial charge in [-0.2, -0.15) is 4.98 Å². The lowest BCUT2D eigenvalue weighted by Crippen LogP contribution is -2.42. The number of carbonyl (C=O) groups is 1. The molecule has 2 heterocycles. The third kappa shape index (κ3) is 4.26. The predicted molar refractivity (Wildman–Crippen MR) is 78.6 cm³/mol. The summed E-state index contributed by atoms with van der Waals surface area (Å²) in [4.78, 5) is 20.3. The first-order valence-corrected chi connectivity index (χ1v) is 7.22. The third-order valence-corrected chi connectivity index (χ3v) is 3.38. The highest BCUT2D eigenvalue weighted by molar-refractivity contribution is 6.29. The summed E-state index contributed by atoms with van der Waals surface area (Å²) in [6.07, 6.45) is 0.999. The van der Waals surface area contributed by atoms with E-state index in [9.17, 15) is 4.79 Å². The van der Waals surface area contributed by atoms with E-state index >= 15 is 0 Å². The number of amides is 1. The minimum atomic E-state index is -0.273. The van der Waals surface area contributed by atoms with Crippen LogP contribution in [0.15, 0.2) is 6.07 Å². The molecule has 1 aliphatic heterocycles. The van der Waals surface area contributed by atoms with Crippen molar-refractivity contribution in [2.45, 2.75) is 19.4 Å². The fourth-order valence-electron chi connectivity index (χ4n) is 2.10. The average Bonchev–Trinajstić information content (AvgIpc) is 2.92. The van der Waals surface area contributed by atoms with Gasteiger partial charge in [0.2, 0.25) is 17.7 Å². The van der Waals surface area contributed by atoms with Gasteiger partial charge in [0.25, 0.3) is 0 Å². The number of nitrogens with zero attached hydrogens (tertiary/aromatic N) is 2. The van der Waals surface area contributed by atoms with E-state index in [0.717, 1.165) is 13.0 Å². The van der Waals surface area contributed by atoms with Crippen LogP contribution >= 0.6 is 11.6 Å². The predicted octanol–water partition coefficient (Wildman–Crippen LogP) is 1.09. The Morgan fingerprint density at radius 3 is 3.05 bits per heavy atom. The van der Waals surface area contributed by atoms with Gasteiger partial charge in [0.05, 0.1) is 26.2 Å². The molecular weight excluding hydrogens is 296 g/mol. The summed E-state index contributed by atoms with van der Waals surface area (Å²) < 4.78 is 10.4. The Bertz CT molecular complexity index is 500. The maximum atomic E-state index is 12.3. The molecule has 8 heteroatoms. The minimum absolute atomic E-state index is 0.00558. The first kappa shape index (κ1) is 15.9. The molecule has 0 aliphatic carbocycles. The SMILES string of the molecule is CCCNC1COCC1C(=O)Nc1nc(Cl)cc(OC)n1. The Labute approximate surface area is 128 Å². The van der Waals surface area contributed by atoms with Gasteiger partial charge in [-0.15, -0.1) is 0 Å². The Morgan fingerprint density at radius 2 is 2.33 bits per heavy atom. The molecule has 1 aromatic heterocycles. The fraction of sp³-hybridized carbons (Fsp3) is 0.615. The molecule has 7 nitrogen and oxygen atoms in total. The monoisotopic (exact) mass is 314 g/mol. The van der Waals surface area contributed by atoms with Crippen LogP contribution < -0.4 is 15.4 Å². The number of hydrogen-bond acceptors (Lipinski definition) is 6. The molecular formula is C13H19ClN4O3. The van der Waals surface area contributed by atoms with Gasteiger partial charge in [0.1, 0.15) is 5.15 Å². The van der Waals surface area contributed by atoms with E-state index < -0.39 is 0 Å². The topological polar surface area (TPSA) is 85.4 Å². The van der Waals surface area contributed by atoms with Gasteiger partial charge in [0, 0.05) is 12.1 Å². The highest BCUT2D eigenvalue weighted by Crippen LogP contribution is 2.19. The molecule has 0 bridgehead atoms. The maximum absolute atomic E-state index is 12.3. The molecule has 0 spiro atoms. The normalized spacial score (nSPS) is 21.3. The van der Waals surface area contributed by atoms with Crippen LogP contribution in [-0.2, 0) is 9.53 Å². The van der Waals surface area contributed by atoms with E-state index in [1.165, 1.54) is 13.2 Å². The zero-order valence-corrected chi connectivity index (χ0v) is 12.8. The van der Waals surface area contributed by atoms with Gasteiger partial charge in [-0.1, -0.05) is 18.5 Å². The fourth-order valence-corrected chi connectivity index (χ4v) is 2.28. The van der Waals surface area contributed by atoms with Crippen LogP contribution in [0.3, 0.4) is 0 Å². The second-order valence-corrected chi connectivity index (χ2v) is 5.14. The standard InChI is InChI=1S/C13H19ClN4O3/c1-3-4-15-9-7-21-6-8(9)12(19)18-13-16-10(14)5-11(17-13)20-2/h5,8-9,15H,3-4,6-7H2,1-2H3,(H,16,17,18,19). The van der Waals surface area contributed by atoms with Gasteiger partial charge in [-0.25, -0.2) is 4.98 Å². The molecule has 2 atom stereocenters. The molecule has 1 amide bonds. The van der Waals surface area contributed by atoms with E-state index in [2.05, 4.69) is 27.5 Å². The van der Waals surface area contributed by atoms with Crippen LogP contribution in [-0.4, -0.2) is 48.8 Å². The van der Waals surface area contributed by atoms with Crippen LogP contribution in [0.25, 0.3) is 0 Å². The van der Waals surface area contributed by atoms with Crippen LogP contribution in [0, 0.1) is 5.92 Å². The number of halogens is 1. The number of rotatable bonds is 6. The van der Waals surface area contributed by atoms with Crippen LogP contribution in [0.2, 0.25) is 5.15 Å². The average molecular weight is 315 g/mol. The lowest BCUT2D eigenvalue weighted by atomic mass is 10.0. The molecule has 1 aliphatic rings. The van der Waals surface area contributed by atoms with Crippen LogP contribution in [0.4, 0.5) is 5.95 Å². The molecule has 0 radical (unpaired) electrons. The number of hydrogen-bond donors (Lipinski definition) is 2. The second-order valence-electron chi connectivity index (χ2n) is 4.75. The summed E-state index contributed by atoms with van der Waals surface area (Å²) in [6.45, 7) is 3.83. The molecule has 116 valence electrons. The van der Waals surface area contributed by atoms with E-state index in [1.54, 1.807) is 0 Å². The van der Waals surface area contributed by atoms with Crippen molar-refractivity contribution in [3.05, 3.63) is 11.2 Å². The number of methoxy groups -OCH3 is 1. The van der Waals surface area contributed by atoms with Gasteiger partial charge >= 0.3 is 0 Å². The summed E-state index contributed by atoms with van der Waals surface area (Å²) in [5.74, 6) is -0.0327. The van der Waals surface area contributed by atoms with Crippen molar-refractivity contribution in [3.8, 4) is 5.88 Å². The lowest BCUT2D eigenvalue weighted by molar-refractivity contribution is -0.120. The Balaban J connectivity index is 2.01. The summed E-state index contributed by atoms with van der Waals surface area (Å²) in [6, 6.07) is 1.48. The van der Waals surface area contributed by atoms with Crippen molar-refractivity contribution in [1.29, 1.82) is 0 Å². The van der Waals surface area contributed by atoms with Gasteiger partial charge in [-0.3, -0.25) is 10.1 Å². The van der Waals surface area contributed by atoms with Crippen molar-refractivity contribution in [1.82, 2.24) is 15.3 Å². The van der Waals surface area contributed by atoms with Crippen molar-refractivity contribution in [3.63, 3.8) is 0 Å². The number of nitrogens with one attached hydrogen (secondary N) is 2. The summed E-state index contributed by atoms with van der Waals surface area (Å²) >= 11 is 5.85. The molecule has 1 aromatic rings. The third-order valence-electron chi connectivity index (χ3n) is 3.19. The Kier molecular flexibility index (Phi) is 5.72. The lowest BCUT2D eigenvalue weighted by Gasteiger charge is -2.17. The molecule has 2 N–H and O–H groups in total. The Morgan fingerprint density at radius 1 is 1.52 bits per heavy atom. The van der Waals surface area contributed by atoms with E-state index in [-0.39, 0.29) is 29.0 Å². The first-order chi connectivity index (χ1) is 10.1. The van der Waals surface area contributed by atoms with Gasteiger partial charge < -0.3 is 14.8 Å². The molecule has 2 unspecified atom stereocenters.